The highest BCUT2D eigenvalue weighted by Gasteiger charge is 1.97. The Hall–Kier alpha value is -1.56. The molecule has 0 spiro atoms. The summed E-state index contributed by atoms with van der Waals surface area (Å²) in [5, 5.41) is 0. The molecule has 0 unspecified atom stereocenters. The van der Waals surface area contributed by atoms with Gasteiger partial charge in [0, 0.05) is 0 Å². The highest BCUT2D eigenvalue weighted by atomic mass is 14.0. The molecule has 1 aliphatic carbocycles. The number of allylic oxidation sites excluding steroid dienone is 6. The predicted octanol–water partition coefficient (Wildman–Crippen LogP) is 4.22. The summed E-state index contributed by atoms with van der Waals surface area (Å²) in [5.74, 6) is 0. The Kier molecular flexibility index (Phi) is 3.93. The van der Waals surface area contributed by atoms with Crippen LogP contribution < -0.4 is 0 Å². The molecule has 0 aromatic heterocycles. The molecular weight excluding hydrogens is 168 g/mol. The van der Waals surface area contributed by atoms with E-state index in [1.165, 1.54) is 11.1 Å². The van der Waals surface area contributed by atoms with Crippen molar-refractivity contribution in [2.24, 2.45) is 0 Å². The van der Waals surface area contributed by atoms with Crippen LogP contribution in [0.3, 0.4) is 0 Å². The second-order valence-electron chi connectivity index (χ2n) is 3.08. The first kappa shape index (κ1) is 10.5. The summed E-state index contributed by atoms with van der Waals surface area (Å²) in [5.41, 5.74) is 2.70. The zero-order valence-corrected chi connectivity index (χ0v) is 7.48. The van der Waals surface area contributed by atoms with E-state index in [4.69, 9.17) is 0 Å². The SMILES string of the molecule is C.C1=CC=C(c2ccccc2)CC=C1. The fourth-order valence-electron chi connectivity index (χ4n) is 1.44. The van der Waals surface area contributed by atoms with E-state index in [0.717, 1.165) is 6.42 Å². The third kappa shape index (κ3) is 2.46. The highest BCUT2D eigenvalue weighted by molar-refractivity contribution is 5.68. The molecule has 0 bridgehead atoms. The molecule has 0 fully saturated rings. The van der Waals surface area contributed by atoms with Crippen molar-refractivity contribution in [2.45, 2.75) is 13.8 Å². The van der Waals surface area contributed by atoms with Crippen molar-refractivity contribution in [1.82, 2.24) is 0 Å². The van der Waals surface area contributed by atoms with Crippen LogP contribution in [0, 0.1) is 0 Å². The van der Waals surface area contributed by atoms with E-state index in [0.29, 0.717) is 0 Å². The molecule has 0 N–H and O–H groups in total. The Balaban J connectivity index is 0.000000980. The maximum absolute atomic E-state index is 2.18. The van der Waals surface area contributed by atoms with E-state index < -0.39 is 0 Å². The molecule has 0 saturated heterocycles. The first-order valence-corrected chi connectivity index (χ1v) is 4.54. The van der Waals surface area contributed by atoms with Gasteiger partial charge in [0.1, 0.15) is 0 Å². The molecule has 1 aromatic carbocycles. The predicted molar refractivity (Wildman–Crippen MR) is 64.0 cm³/mol. The molecule has 1 aromatic rings. The summed E-state index contributed by atoms with van der Waals surface area (Å²) >= 11 is 0. The van der Waals surface area contributed by atoms with Crippen LogP contribution in [0.1, 0.15) is 19.4 Å². The van der Waals surface area contributed by atoms with Gasteiger partial charge in [0.2, 0.25) is 0 Å². The minimum Gasteiger partial charge on any atom is -0.0801 e. The monoisotopic (exact) mass is 184 g/mol. The number of rotatable bonds is 1. The first-order chi connectivity index (χ1) is 6.47. The lowest BCUT2D eigenvalue weighted by atomic mass is 10.0. The Morgan fingerprint density at radius 3 is 2.43 bits per heavy atom. The van der Waals surface area contributed by atoms with Crippen molar-refractivity contribution < 1.29 is 0 Å². The summed E-state index contributed by atoms with van der Waals surface area (Å²) in [4.78, 5) is 0. The fraction of sp³-hybridized carbons (Fsp3) is 0.143. The van der Waals surface area contributed by atoms with Crippen LogP contribution in [-0.4, -0.2) is 0 Å². The largest absolute Gasteiger partial charge is 0.0801 e. The van der Waals surface area contributed by atoms with Gasteiger partial charge in [-0.15, -0.1) is 0 Å². The average molecular weight is 184 g/mol. The van der Waals surface area contributed by atoms with E-state index in [1.807, 2.05) is 6.07 Å². The quantitative estimate of drug-likeness (QED) is 0.613. The van der Waals surface area contributed by atoms with Gasteiger partial charge in [-0.25, -0.2) is 0 Å². The molecular formula is C14H16. The first-order valence-electron chi connectivity index (χ1n) is 4.54. The number of hydrogen-bond acceptors (Lipinski definition) is 0. The van der Waals surface area contributed by atoms with Gasteiger partial charge in [-0.05, 0) is 17.6 Å². The summed E-state index contributed by atoms with van der Waals surface area (Å²) in [6.07, 6.45) is 11.6. The van der Waals surface area contributed by atoms with Crippen LogP contribution in [-0.2, 0) is 0 Å². The van der Waals surface area contributed by atoms with Gasteiger partial charge in [0.15, 0.2) is 0 Å². The van der Waals surface area contributed by atoms with Crippen molar-refractivity contribution in [3.63, 3.8) is 0 Å². The zero-order valence-electron chi connectivity index (χ0n) is 7.48. The highest BCUT2D eigenvalue weighted by Crippen LogP contribution is 2.19. The average Bonchev–Trinajstić information content (AvgIpc) is 2.47. The van der Waals surface area contributed by atoms with E-state index in [1.54, 1.807) is 0 Å². The van der Waals surface area contributed by atoms with Gasteiger partial charge < -0.3 is 0 Å². The van der Waals surface area contributed by atoms with Crippen LogP contribution in [0.2, 0.25) is 0 Å². The summed E-state index contributed by atoms with van der Waals surface area (Å²) in [7, 11) is 0. The van der Waals surface area contributed by atoms with Crippen molar-refractivity contribution in [1.29, 1.82) is 0 Å². The summed E-state index contributed by atoms with van der Waals surface area (Å²) in [6, 6.07) is 10.5. The molecule has 0 amide bonds. The van der Waals surface area contributed by atoms with Crippen molar-refractivity contribution in [3.8, 4) is 0 Å². The molecule has 0 atom stereocenters. The zero-order chi connectivity index (χ0) is 8.93. The van der Waals surface area contributed by atoms with Gasteiger partial charge in [0.05, 0.1) is 0 Å². The van der Waals surface area contributed by atoms with E-state index >= 15 is 0 Å². The lowest BCUT2D eigenvalue weighted by Gasteiger charge is -2.02. The van der Waals surface area contributed by atoms with Crippen LogP contribution in [0.25, 0.3) is 5.57 Å². The van der Waals surface area contributed by atoms with Crippen molar-refractivity contribution in [2.75, 3.05) is 0 Å². The van der Waals surface area contributed by atoms with Gasteiger partial charge in [-0.1, -0.05) is 68.1 Å². The van der Waals surface area contributed by atoms with Gasteiger partial charge >= 0.3 is 0 Å². The van der Waals surface area contributed by atoms with Crippen molar-refractivity contribution in [3.05, 3.63) is 66.3 Å². The van der Waals surface area contributed by atoms with Crippen LogP contribution >= 0.6 is 0 Å². The minimum absolute atomic E-state index is 0. The van der Waals surface area contributed by atoms with E-state index in [9.17, 15) is 0 Å². The molecule has 14 heavy (non-hydrogen) atoms. The third-order valence-corrected chi connectivity index (χ3v) is 2.14. The second-order valence-corrected chi connectivity index (χ2v) is 3.08. The van der Waals surface area contributed by atoms with Crippen LogP contribution in [0.15, 0.2) is 60.7 Å². The standard InChI is InChI=1S/C13H12.CH4/c1-2-5-9-12(8-4-1)13-10-6-3-7-11-13;/h1-8,10-11H,9H2;1H4. The summed E-state index contributed by atoms with van der Waals surface area (Å²) in [6.45, 7) is 0. The Morgan fingerprint density at radius 2 is 1.64 bits per heavy atom. The maximum atomic E-state index is 2.18. The molecule has 1 aliphatic rings. The molecule has 2 rings (SSSR count). The maximum Gasteiger partial charge on any atom is -0.00884 e. The molecule has 0 heterocycles. The van der Waals surface area contributed by atoms with E-state index in [-0.39, 0.29) is 7.43 Å². The van der Waals surface area contributed by atoms with E-state index in [2.05, 4.69) is 54.6 Å². The lowest BCUT2D eigenvalue weighted by molar-refractivity contribution is 1.40. The van der Waals surface area contributed by atoms with Crippen LogP contribution in [0.4, 0.5) is 0 Å². The molecule has 72 valence electrons. The van der Waals surface area contributed by atoms with Crippen molar-refractivity contribution >= 4 is 5.57 Å². The number of hydrogen-bond donors (Lipinski definition) is 0. The second kappa shape index (κ2) is 5.23. The third-order valence-electron chi connectivity index (χ3n) is 2.14. The smallest absolute Gasteiger partial charge is 0.00884 e. The number of benzene rings is 1. The van der Waals surface area contributed by atoms with Crippen LogP contribution in [0.5, 0.6) is 0 Å². The Bertz CT molecular complexity index is 353. The summed E-state index contributed by atoms with van der Waals surface area (Å²) < 4.78 is 0. The molecule has 0 radical (unpaired) electrons. The molecule has 0 aliphatic heterocycles. The minimum atomic E-state index is 0. The fourth-order valence-corrected chi connectivity index (χ4v) is 1.44. The molecule has 0 saturated carbocycles. The topological polar surface area (TPSA) is 0 Å². The normalized spacial score (nSPS) is 14.1. The molecule has 0 nitrogen and oxygen atoms in total. The van der Waals surface area contributed by atoms with Gasteiger partial charge in [-0.3, -0.25) is 0 Å². The molecule has 0 heteroatoms. The Labute approximate surface area is 86.3 Å². The van der Waals surface area contributed by atoms with Gasteiger partial charge in [-0.2, -0.15) is 0 Å². The van der Waals surface area contributed by atoms with Gasteiger partial charge in [0.25, 0.3) is 0 Å². The lowest BCUT2D eigenvalue weighted by Crippen LogP contribution is -1.80. The Morgan fingerprint density at radius 1 is 0.857 bits per heavy atom.